The van der Waals surface area contributed by atoms with Crippen molar-refractivity contribution in [2.45, 2.75) is 20.0 Å². The molecule has 0 saturated heterocycles. The van der Waals surface area contributed by atoms with E-state index in [1.807, 2.05) is 25.1 Å². The van der Waals surface area contributed by atoms with Crippen LogP contribution in [0.2, 0.25) is 0 Å². The summed E-state index contributed by atoms with van der Waals surface area (Å²) in [5.41, 5.74) is 2.08. The van der Waals surface area contributed by atoms with Crippen molar-refractivity contribution in [3.8, 4) is 0 Å². The third-order valence-corrected chi connectivity index (χ3v) is 3.39. The first-order valence-electron chi connectivity index (χ1n) is 7.86. The Morgan fingerprint density at radius 1 is 1.04 bits per heavy atom. The van der Waals surface area contributed by atoms with Crippen molar-refractivity contribution in [2.24, 2.45) is 0 Å². The lowest BCUT2D eigenvalue weighted by Crippen LogP contribution is -2.35. The molecule has 0 aromatic heterocycles. The van der Waals surface area contributed by atoms with E-state index in [9.17, 15) is 14.4 Å². The van der Waals surface area contributed by atoms with Gasteiger partial charge in [-0.05, 0) is 43.7 Å². The maximum absolute atomic E-state index is 12.0. The van der Waals surface area contributed by atoms with Gasteiger partial charge in [-0.1, -0.05) is 30.3 Å². The van der Waals surface area contributed by atoms with Crippen LogP contribution in [-0.4, -0.2) is 30.4 Å². The van der Waals surface area contributed by atoms with Gasteiger partial charge in [0.2, 0.25) is 0 Å². The fourth-order valence-electron chi connectivity index (χ4n) is 2.10. The van der Waals surface area contributed by atoms with Gasteiger partial charge in [-0.15, -0.1) is 0 Å². The third kappa shape index (κ3) is 5.76. The van der Waals surface area contributed by atoms with Gasteiger partial charge in [0.25, 0.3) is 11.8 Å². The zero-order chi connectivity index (χ0) is 18.2. The van der Waals surface area contributed by atoms with Gasteiger partial charge < -0.3 is 15.4 Å². The molecule has 130 valence electrons. The fourth-order valence-corrected chi connectivity index (χ4v) is 2.10. The van der Waals surface area contributed by atoms with Crippen LogP contribution < -0.4 is 10.6 Å². The largest absolute Gasteiger partial charge is 0.451 e. The predicted molar refractivity (Wildman–Crippen MR) is 94.1 cm³/mol. The summed E-state index contributed by atoms with van der Waals surface area (Å²) < 4.78 is 5.04. The van der Waals surface area contributed by atoms with Crippen molar-refractivity contribution in [3.05, 3.63) is 65.7 Å². The van der Waals surface area contributed by atoms with Crippen molar-refractivity contribution in [3.63, 3.8) is 0 Å². The number of hydrogen-bond donors (Lipinski definition) is 2. The van der Waals surface area contributed by atoms with Crippen molar-refractivity contribution < 1.29 is 19.1 Å². The number of carbonyl (C=O) groups is 3. The van der Waals surface area contributed by atoms with Crippen molar-refractivity contribution >= 4 is 23.5 Å². The van der Waals surface area contributed by atoms with Crippen LogP contribution in [0, 0.1) is 6.92 Å². The second-order valence-corrected chi connectivity index (χ2v) is 5.54. The molecule has 0 aliphatic heterocycles. The number of ether oxygens (including phenoxy) is 1. The summed E-state index contributed by atoms with van der Waals surface area (Å²) in [7, 11) is 0. The lowest BCUT2D eigenvalue weighted by atomic mass is 10.2. The smallest absolute Gasteiger partial charge is 0.326 e. The number of anilines is 1. The molecule has 2 aromatic rings. The van der Waals surface area contributed by atoms with Crippen molar-refractivity contribution in [2.75, 3.05) is 11.9 Å². The van der Waals surface area contributed by atoms with E-state index in [4.69, 9.17) is 4.74 Å². The minimum absolute atomic E-state index is 0.310. The summed E-state index contributed by atoms with van der Waals surface area (Å²) in [4.78, 5) is 35.7. The van der Waals surface area contributed by atoms with Gasteiger partial charge in [0.15, 0.2) is 6.10 Å². The van der Waals surface area contributed by atoms with E-state index in [0.29, 0.717) is 11.3 Å². The minimum Gasteiger partial charge on any atom is -0.451 e. The number of carbonyl (C=O) groups excluding carboxylic acids is 3. The molecule has 1 atom stereocenters. The molecule has 25 heavy (non-hydrogen) atoms. The molecule has 0 aliphatic carbocycles. The zero-order valence-electron chi connectivity index (χ0n) is 14.1. The number of rotatable bonds is 6. The number of amides is 2. The first kappa shape index (κ1) is 18.2. The average molecular weight is 340 g/mol. The Balaban J connectivity index is 1.79. The molecule has 6 nitrogen and oxygen atoms in total. The second kappa shape index (κ2) is 8.63. The predicted octanol–water partition coefficient (Wildman–Crippen LogP) is 2.30. The standard InChI is InChI=1S/C19H20N2O4/c1-13-7-6-10-16(11-13)21-18(23)14(2)25-17(22)12-20-19(24)15-8-4-3-5-9-15/h3-11,14H,12H2,1-2H3,(H,20,24)(H,21,23)/t14-/m0/s1. The average Bonchev–Trinajstić information content (AvgIpc) is 2.60. The van der Waals surface area contributed by atoms with E-state index in [-0.39, 0.29) is 12.5 Å². The Labute approximate surface area is 146 Å². The summed E-state index contributed by atoms with van der Waals surface area (Å²) in [6, 6.07) is 15.8. The Kier molecular flexibility index (Phi) is 6.28. The van der Waals surface area contributed by atoms with E-state index in [1.54, 1.807) is 36.4 Å². The molecule has 0 bridgehead atoms. The van der Waals surface area contributed by atoms with E-state index < -0.39 is 18.0 Å². The monoisotopic (exact) mass is 340 g/mol. The lowest BCUT2D eigenvalue weighted by Gasteiger charge is -2.14. The molecule has 0 saturated carbocycles. The van der Waals surface area contributed by atoms with Gasteiger partial charge >= 0.3 is 5.97 Å². The Morgan fingerprint density at radius 2 is 1.76 bits per heavy atom. The second-order valence-electron chi connectivity index (χ2n) is 5.54. The maximum Gasteiger partial charge on any atom is 0.326 e. The maximum atomic E-state index is 12.0. The van der Waals surface area contributed by atoms with Gasteiger partial charge in [-0.2, -0.15) is 0 Å². The summed E-state index contributed by atoms with van der Waals surface area (Å²) in [5, 5.41) is 5.13. The van der Waals surface area contributed by atoms with Crippen molar-refractivity contribution in [1.29, 1.82) is 0 Å². The molecular weight excluding hydrogens is 320 g/mol. The van der Waals surface area contributed by atoms with Crippen LogP contribution in [0.15, 0.2) is 54.6 Å². The molecule has 0 heterocycles. The highest BCUT2D eigenvalue weighted by Gasteiger charge is 2.18. The molecule has 2 amide bonds. The zero-order valence-corrected chi connectivity index (χ0v) is 14.1. The molecule has 6 heteroatoms. The molecule has 0 unspecified atom stereocenters. The van der Waals surface area contributed by atoms with E-state index in [2.05, 4.69) is 10.6 Å². The van der Waals surface area contributed by atoms with Crippen LogP contribution in [0.25, 0.3) is 0 Å². The van der Waals surface area contributed by atoms with E-state index >= 15 is 0 Å². The SMILES string of the molecule is Cc1cccc(NC(=O)[C@H](C)OC(=O)CNC(=O)c2ccccc2)c1. The van der Waals surface area contributed by atoms with Crippen LogP contribution in [-0.2, 0) is 14.3 Å². The Bertz CT molecular complexity index is 759. The summed E-state index contributed by atoms with van der Waals surface area (Å²) in [5.74, 6) is -1.50. The normalized spacial score (nSPS) is 11.3. The molecule has 0 spiro atoms. The van der Waals surface area contributed by atoms with Crippen LogP contribution in [0.3, 0.4) is 0 Å². The number of hydrogen-bond acceptors (Lipinski definition) is 4. The molecule has 0 fully saturated rings. The molecule has 2 rings (SSSR count). The topological polar surface area (TPSA) is 84.5 Å². The number of aryl methyl sites for hydroxylation is 1. The van der Waals surface area contributed by atoms with Crippen LogP contribution in [0.5, 0.6) is 0 Å². The highest BCUT2D eigenvalue weighted by molar-refractivity contribution is 5.97. The first-order valence-corrected chi connectivity index (χ1v) is 7.86. The first-order chi connectivity index (χ1) is 12.0. The lowest BCUT2D eigenvalue weighted by molar-refractivity contribution is -0.152. The Hall–Kier alpha value is -3.15. The van der Waals surface area contributed by atoms with Crippen molar-refractivity contribution in [1.82, 2.24) is 5.32 Å². The summed E-state index contributed by atoms with van der Waals surface area (Å²) >= 11 is 0. The Morgan fingerprint density at radius 3 is 2.44 bits per heavy atom. The van der Waals surface area contributed by atoms with E-state index in [1.165, 1.54) is 6.92 Å². The van der Waals surface area contributed by atoms with Gasteiger partial charge in [0.1, 0.15) is 6.54 Å². The number of benzene rings is 2. The highest BCUT2D eigenvalue weighted by atomic mass is 16.5. The van der Waals surface area contributed by atoms with Gasteiger partial charge in [0.05, 0.1) is 0 Å². The molecule has 2 aromatic carbocycles. The summed E-state index contributed by atoms with van der Waals surface area (Å²) in [6.07, 6.45) is -0.971. The quantitative estimate of drug-likeness (QED) is 0.790. The van der Waals surface area contributed by atoms with Crippen LogP contribution >= 0.6 is 0 Å². The molecule has 0 radical (unpaired) electrons. The van der Waals surface area contributed by atoms with Gasteiger partial charge in [-0.25, -0.2) is 0 Å². The van der Waals surface area contributed by atoms with Crippen LogP contribution in [0.1, 0.15) is 22.8 Å². The highest BCUT2D eigenvalue weighted by Crippen LogP contribution is 2.10. The third-order valence-electron chi connectivity index (χ3n) is 3.39. The number of nitrogens with one attached hydrogen (secondary N) is 2. The minimum atomic E-state index is -0.971. The molecular formula is C19H20N2O4. The van der Waals surface area contributed by atoms with Crippen LogP contribution in [0.4, 0.5) is 5.69 Å². The molecule has 0 aliphatic rings. The summed E-state index contributed by atoms with van der Waals surface area (Å²) in [6.45, 7) is 3.08. The van der Waals surface area contributed by atoms with Gasteiger partial charge in [-0.3, -0.25) is 14.4 Å². The van der Waals surface area contributed by atoms with Gasteiger partial charge in [0, 0.05) is 11.3 Å². The number of esters is 1. The van der Waals surface area contributed by atoms with E-state index in [0.717, 1.165) is 5.56 Å². The molecule has 2 N–H and O–H groups in total. The fraction of sp³-hybridized carbons (Fsp3) is 0.211.